The van der Waals surface area contributed by atoms with E-state index in [1.54, 1.807) is 30.3 Å². The van der Waals surface area contributed by atoms with E-state index in [-0.39, 0.29) is 18.5 Å². The number of urea groups is 1. The van der Waals surface area contributed by atoms with Gasteiger partial charge in [-0.1, -0.05) is 60.1 Å². The van der Waals surface area contributed by atoms with Crippen molar-refractivity contribution in [1.82, 2.24) is 4.90 Å². The number of benzene rings is 3. The number of fused-ring (bicyclic) bond motifs is 1. The second kappa shape index (κ2) is 7.74. The molecule has 0 aromatic heterocycles. The molecular weight excluding hydrogens is 374 g/mol. The van der Waals surface area contributed by atoms with Crippen LogP contribution in [0.15, 0.2) is 78.9 Å². The van der Waals surface area contributed by atoms with Crippen LogP contribution >= 0.6 is 11.6 Å². The van der Waals surface area contributed by atoms with Gasteiger partial charge in [-0.3, -0.25) is 4.79 Å². The highest BCUT2D eigenvalue weighted by Gasteiger charge is 2.33. The lowest BCUT2D eigenvalue weighted by atomic mass is 9.96. The predicted octanol–water partition coefficient (Wildman–Crippen LogP) is 4.92. The molecule has 1 atom stereocenters. The number of halogens is 1. The first-order chi connectivity index (χ1) is 13.6. The summed E-state index contributed by atoms with van der Waals surface area (Å²) < 4.78 is 0. The summed E-state index contributed by atoms with van der Waals surface area (Å²) in [7, 11) is 0. The van der Waals surface area contributed by atoms with E-state index in [1.165, 1.54) is 4.90 Å². The quantitative estimate of drug-likeness (QED) is 0.651. The van der Waals surface area contributed by atoms with Gasteiger partial charge < -0.3 is 15.5 Å². The Bertz CT molecular complexity index is 1010. The summed E-state index contributed by atoms with van der Waals surface area (Å²) in [5.74, 6) is -0.259. The third kappa shape index (κ3) is 3.70. The highest BCUT2D eigenvalue weighted by Crippen LogP contribution is 2.37. The molecule has 28 heavy (non-hydrogen) atoms. The second-order valence-corrected chi connectivity index (χ2v) is 6.95. The van der Waals surface area contributed by atoms with Crippen molar-refractivity contribution >= 4 is 34.9 Å². The maximum Gasteiger partial charge on any atom is 0.323 e. The zero-order chi connectivity index (χ0) is 19.5. The van der Waals surface area contributed by atoms with Gasteiger partial charge in [0.1, 0.15) is 6.54 Å². The molecule has 1 heterocycles. The predicted molar refractivity (Wildman–Crippen MR) is 111 cm³/mol. The molecule has 0 saturated carbocycles. The number of amides is 3. The molecule has 0 aliphatic carbocycles. The molecule has 0 fully saturated rings. The number of hydrogen-bond acceptors (Lipinski definition) is 2. The van der Waals surface area contributed by atoms with Crippen LogP contribution < -0.4 is 10.6 Å². The van der Waals surface area contributed by atoms with Gasteiger partial charge in [0.05, 0.1) is 6.04 Å². The molecule has 5 nitrogen and oxygen atoms in total. The SMILES string of the molecule is O=C1CN(C(=O)Nc2ccccc2)C(c2ccccc2)c2cc(Cl)ccc2N1. The lowest BCUT2D eigenvalue weighted by Crippen LogP contribution is -2.41. The monoisotopic (exact) mass is 391 g/mol. The van der Waals surface area contributed by atoms with Crippen LogP contribution in [0.1, 0.15) is 17.2 Å². The van der Waals surface area contributed by atoms with Crippen LogP contribution in [0.5, 0.6) is 0 Å². The van der Waals surface area contributed by atoms with Gasteiger partial charge in [-0.25, -0.2) is 4.79 Å². The normalized spacial score (nSPS) is 16.0. The van der Waals surface area contributed by atoms with Gasteiger partial charge in [-0.15, -0.1) is 0 Å². The van der Waals surface area contributed by atoms with Crippen molar-refractivity contribution < 1.29 is 9.59 Å². The van der Waals surface area contributed by atoms with E-state index < -0.39 is 6.04 Å². The van der Waals surface area contributed by atoms with Gasteiger partial charge >= 0.3 is 6.03 Å². The molecule has 2 N–H and O–H groups in total. The maximum atomic E-state index is 13.1. The first kappa shape index (κ1) is 18.1. The van der Waals surface area contributed by atoms with E-state index in [4.69, 9.17) is 11.6 Å². The van der Waals surface area contributed by atoms with Crippen molar-refractivity contribution in [3.8, 4) is 0 Å². The molecule has 6 heteroatoms. The molecule has 4 rings (SSSR count). The highest BCUT2D eigenvalue weighted by molar-refractivity contribution is 6.30. The largest absolute Gasteiger partial charge is 0.324 e. The molecule has 0 spiro atoms. The Morgan fingerprint density at radius 2 is 1.68 bits per heavy atom. The minimum atomic E-state index is -0.461. The standard InChI is InChI=1S/C22H18ClN3O2/c23-16-11-12-19-18(13-16)21(15-7-3-1-4-8-15)26(14-20(27)25-19)22(28)24-17-9-5-2-6-10-17/h1-13,21H,14H2,(H,24,28)(H,25,27). The number of nitrogens with zero attached hydrogens (tertiary/aromatic N) is 1. The Hall–Kier alpha value is -3.31. The average molecular weight is 392 g/mol. The smallest absolute Gasteiger partial charge is 0.323 e. The number of anilines is 2. The first-order valence-electron chi connectivity index (χ1n) is 8.89. The van der Waals surface area contributed by atoms with Gasteiger partial charge in [-0.05, 0) is 35.9 Å². The van der Waals surface area contributed by atoms with Crippen LogP contribution in [0.25, 0.3) is 0 Å². The Morgan fingerprint density at radius 1 is 1.00 bits per heavy atom. The zero-order valence-electron chi connectivity index (χ0n) is 14.9. The average Bonchev–Trinajstić information content (AvgIpc) is 2.85. The Balaban J connectivity index is 1.80. The second-order valence-electron chi connectivity index (χ2n) is 6.52. The molecule has 0 saturated heterocycles. The molecule has 0 radical (unpaired) electrons. The number of para-hydroxylation sites is 1. The van der Waals surface area contributed by atoms with Crippen LogP contribution in [0, 0.1) is 0 Å². The molecule has 0 bridgehead atoms. The Kier molecular flexibility index (Phi) is 5.00. The third-order valence-corrected chi connectivity index (χ3v) is 4.84. The molecular formula is C22H18ClN3O2. The van der Waals surface area contributed by atoms with E-state index in [9.17, 15) is 9.59 Å². The lowest BCUT2D eigenvalue weighted by Gasteiger charge is -2.30. The molecule has 3 amide bonds. The van der Waals surface area contributed by atoms with Crippen molar-refractivity contribution in [2.24, 2.45) is 0 Å². The maximum absolute atomic E-state index is 13.1. The zero-order valence-corrected chi connectivity index (χ0v) is 15.7. The van der Waals surface area contributed by atoms with E-state index >= 15 is 0 Å². The van der Waals surface area contributed by atoms with E-state index in [1.807, 2.05) is 48.5 Å². The van der Waals surface area contributed by atoms with Crippen LogP contribution in [0.4, 0.5) is 16.2 Å². The minimum Gasteiger partial charge on any atom is -0.324 e. The van der Waals surface area contributed by atoms with E-state index in [0.29, 0.717) is 16.4 Å². The van der Waals surface area contributed by atoms with Crippen molar-refractivity contribution in [2.75, 3.05) is 17.2 Å². The lowest BCUT2D eigenvalue weighted by molar-refractivity contribution is -0.116. The van der Waals surface area contributed by atoms with Crippen molar-refractivity contribution in [2.45, 2.75) is 6.04 Å². The van der Waals surface area contributed by atoms with Crippen LogP contribution in [0.3, 0.4) is 0 Å². The molecule has 3 aromatic rings. The summed E-state index contributed by atoms with van der Waals surface area (Å²) in [6, 6.07) is 23.2. The molecule has 140 valence electrons. The molecule has 3 aromatic carbocycles. The molecule has 1 unspecified atom stereocenters. The van der Waals surface area contributed by atoms with Crippen LogP contribution in [0.2, 0.25) is 5.02 Å². The fourth-order valence-corrected chi connectivity index (χ4v) is 3.56. The first-order valence-corrected chi connectivity index (χ1v) is 9.26. The van der Waals surface area contributed by atoms with Gasteiger partial charge in [0, 0.05) is 22.0 Å². The van der Waals surface area contributed by atoms with Gasteiger partial charge in [-0.2, -0.15) is 0 Å². The Labute approximate surface area is 167 Å². The van der Waals surface area contributed by atoms with E-state index in [2.05, 4.69) is 10.6 Å². The van der Waals surface area contributed by atoms with Crippen LogP contribution in [-0.2, 0) is 4.79 Å². The number of hydrogen-bond donors (Lipinski definition) is 2. The van der Waals surface area contributed by atoms with Gasteiger partial charge in [0.15, 0.2) is 0 Å². The summed E-state index contributed by atoms with van der Waals surface area (Å²) in [6.45, 7) is -0.0788. The van der Waals surface area contributed by atoms with Gasteiger partial charge in [0.25, 0.3) is 0 Å². The summed E-state index contributed by atoms with van der Waals surface area (Å²) in [4.78, 5) is 27.2. The molecule has 1 aliphatic heterocycles. The number of rotatable bonds is 2. The topological polar surface area (TPSA) is 61.4 Å². The molecule has 1 aliphatic rings. The fraction of sp³-hybridized carbons (Fsp3) is 0.0909. The number of carbonyl (C=O) groups excluding carboxylic acids is 2. The minimum absolute atomic E-state index is 0.0788. The van der Waals surface area contributed by atoms with E-state index in [0.717, 1.165) is 11.1 Å². The number of nitrogens with one attached hydrogen (secondary N) is 2. The summed E-state index contributed by atoms with van der Waals surface area (Å²) in [5.41, 5.74) is 2.98. The summed E-state index contributed by atoms with van der Waals surface area (Å²) in [6.07, 6.45) is 0. The Morgan fingerprint density at radius 3 is 2.39 bits per heavy atom. The fourth-order valence-electron chi connectivity index (χ4n) is 3.38. The summed E-state index contributed by atoms with van der Waals surface area (Å²) in [5, 5.41) is 6.30. The van der Waals surface area contributed by atoms with Crippen molar-refractivity contribution in [3.05, 3.63) is 95.0 Å². The van der Waals surface area contributed by atoms with Crippen LogP contribution in [-0.4, -0.2) is 23.4 Å². The number of carbonyl (C=O) groups is 2. The third-order valence-electron chi connectivity index (χ3n) is 4.61. The highest BCUT2D eigenvalue weighted by atomic mass is 35.5. The van der Waals surface area contributed by atoms with Crippen molar-refractivity contribution in [1.29, 1.82) is 0 Å². The van der Waals surface area contributed by atoms with Crippen molar-refractivity contribution in [3.63, 3.8) is 0 Å². The summed E-state index contributed by atoms with van der Waals surface area (Å²) >= 11 is 6.24. The van der Waals surface area contributed by atoms with Gasteiger partial charge in [0.2, 0.25) is 5.91 Å².